The van der Waals surface area contributed by atoms with Crippen LogP contribution in [-0.2, 0) is 14.4 Å². The third-order valence-corrected chi connectivity index (χ3v) is 7.51. The van der Waals surface area contributed by atoms with Crippen molar-refractivity contribution in [3.63, 3.8) is 0 Å². The number of hydrogen-bond donors (Lipinski definition) is 4. The lowest BCUT2D eigenvalue weighted by molar-refractivity contribution is -0.143. The zero-order valence-corrected chi connectivity index (χ0v) is 23.8. The van der Waals surface area contributed by atoms with E-state index in [1.807, 2.05) is 87.5 Å². The molecule has 3 rings (SSSR count). The molecule has 0 aliphatic carbocycles. The summed E-state index contributed by atoms with van der Waals surface area (Å²) in [6.45, 7) is 6.21. The lowest BCUT2D eigenvalue weighted by Gasteiger charge is -2.33. The summed E-state index contributed by atoms with van der Waals surface area (Å²) in [5.74, 6) is -0.994. The van der Waals surface area contributed by atoms with E-state index in [0.29, 0.717) is 18.9 Å². The minimum absolute atomic E-state index is 0.0326. The molecule has 9 heteroatoms. The van der Waals surface area contributed by atoms with Gasteiger partial charge in [-0.1, -0.05) is 87.9 Å². The van der Waals surface area contributed by atoms with Crippen LogP contribution in [0.4, 0.5) is 0 Å². The Bertz CT molecular complexity index is 1160. The molecule has 0 fully saturated rings. The van der Waals surface area contributed by atoms with Crippen LogP contribution in [0.15, 0.2) is 60.7 Å². The van der Waals surface area contributed by atoms with Crippen LogP contribution in [0, 0.1) is 5.92 Å². The number of hydrogen-bond acceptors (Lipinski definition) is 6. The number of carbonyl (C=O) groups excluding carboxylic acids is 3. The Morgan fingerprint density at radius 2 is 1.70 bits per heavy atom. The zero-order chi connectivity index (χ0) is 29.1. The maximum atomic E-state index is 13.6. The highest BCUT2D eigenvalue weighted by molar-refractivity contribution is 5.93. The van der Waals surface area contributed by atoms with Gasteiger partial charge in [-0.05, 0) is 17.5 Å². The Morgan fingerprint density at radius 3 is 2.40 bits per heavy atom. The monoisotopic (exact) mass is 550 g/mol. The molecule has 0 bridgehead atoms. The normalized spacial score (nSPS) is 23.1. The van der Waals surface area contributed by atoms with Crippen molar-refractivity contribution in [2.24, 2.45) is 5.92 Å². The Morgan fingerprint density at radius 1 is 1.00 bits per heavy atom. The molecule has 3 amide bonds. The maximum absolute atomic E-state index is 13.6. The number of benzene rings is 2. The number of aliphatic hydroxyl groups is 1. The minimum Gasteiger partial charge on any atom is -0.492 e. The Hall–Kier alpha value is -3.69. The summed E-state index contributed by atoms with van der Waals surface area (Å²) in [7, 11) is 1.51. The van der Waals surface area contributed by atoms with E-state index in [2.05, 4.69) is 16.0 Å². The van der Waals surface area contributed by atoms with E-state index in [4.69, 9.17) is 4.74 Å². The van der Waals surface area contributed by atoms with Crippen LogP contribution in [0.1, 0.15) is 44.2 Å². The molecule has 0 saturated heterocycles. The zero-order valence-electron chi connectivity index (χ0n) is 23.8. The second-order valence-corrected chi connectivity index (χ2v) is 10.2. The van der Waals surface area contributed by atoms with Gasteiger partial charge < -0.3 is 30.7 Å². The highest BCUT2D eigenvalue weighted by atomic mass is 16.5. The van der Waals surface area contributed by atoms with Crippen molar-refractivity contribution in [3.8, 4) is 5.75 Å². The number of nitrogens with zero attached hydrogens (tertiary/aromatic N) is 1. The molecule has 216 valence electrons. The van der Waals surface area contributed by atoms with Crippen molar-refractivity contribution in [1.29, 1.82) is 0 Å². The van der Waals surface area contributed by atoms with Crippen LogP contribution < -0.4 is 20.7 Å². The lowest BCUT2D eigenvalue weighted by atomic mass is 9.92. The number of para-hydroxylation sites is 1. The number of likely N-dealkylation sites (N-methyl/N-ethyl adjacent to an activating group) is 1. The Kier molecular flexibility index (Phi) is 11.7. The highest BCUT2D eigenvalue weighted by Crippen LogP contribution is 2.21. The van der Waals surface area contributed by atoms with E-state index in [9.17, 15) is 19.5 Å². The van der Waals surface area contributed by atoms with E-state index < -0.39 is 30.6 Å². The van der Waals surface area contributed by atoms with Gasteiger partial charge >= 0.3 is 0 Å². The second kappa shape index (κ2) is 15.2. The van der Waals surface area contributed by atoms with E-state index in [-0.39, 0.29) is 30.2 Å². The van der Waals surface area contributed by atoms with Gasteiger partial charge in [-0.2, -0.15) is 0 Å². The summed E-state index contributed by atoms with van der Waals surface area (Å²) in [5.41, 5.74) is 1.73. The van der Waals surface area contributed by atoms with Gasteiger partial charge in [-0.15, -0.1) is 0 Å². The van der Waals surface area contributed by atoms with Crippen LogP contribution >= 0.6 is 0 Å². The first-order chi connectivity index (χ1) is 19.3. The van der Waals surface area contributed by atoms with Crippen molar-refractivity contribution >= 4 is 23.8 Å². The molecule has 1 heterocycles. The molecular weight excluding hydrogens is 508 g/mol. The number of amides is 3. The number of fused-ring (bicyclic) bond motifs is 1. The fourth-order valence-electron chi connectivity index (χ4n) is 4.72. The summed E-state index contributed by atoms with van der Waals surface area (Å²) in [6.07, 6.45) is 4.44. The van der Waals surface area contributed by atoms with Gasteiger partial charge in [0.15, 0.2) is 0 Å². The Balaban J connectivity index is 1.96. The summed E-state index contributed by atoms with van der Waals surface area (Å²) in [4.78, 5) is 41.7. The molecule has 0 aromatic heterocycles. The van der Waals surface area contributed by atoms with E-state index in [1.54, 1.807) is 0 Å². The number of ether oxygens (including phenoxy) is 1. The fourth-order valence-corrected chi connectivity index (χ4v) is 4.72. The molecule has 0 spiro atoms. The van der Waals surface area contributed by atoms with Gasteiger partial charge in [0.1, 0.15) is 24.4 Å². The van der Waals surface area contributed by atoms with Crippen LogP contribution in [0.25, 0.3) is 6.08 Å². The standard InChI is InChI=1S/C31H42N4O5/c1-5-21(2)27-31(39)35(4)25(20-36)29(37)34-28(22(3)23-12-7-6-8-13-23)30(38)33-17-11-15-24-14-9-10-16-26(24)40-19-18-32-27/h6-16,21-22,25,27-28,32,36H,5,17-20H2,1-4H3,(H,33,38)(H,34,37)/t21?,22?,25-,27-,28+/m0/s1. The Labute approximate surface area is 237 Å². The van der Waals surface area contributed by atoms with Crippen LogP contribution in [0.5, 0.6) is 5.75 Å². The average Bonchev–Trinajstić information content (AvgIpc) is 2.97. The van der Waals surface area contributed by atoms with Gasteiger partial charge in [0.05, 0.1) is 12.6 Å². The largest absolute Gasteiger partial charge is 0.492 e. The maximum Gasteiger partial charge on any atom is 0.245 e. The van der Waals surface area contributed by atoms with Crippen molar-refractivity contribution in [1.82, 2.24) is 20.9 Å². The fraction of sp³-hybridized carbons (Fsp3) is 0.452. The molecule has 4 N–H and O–H groups in total. The first-order valence-electron chi connectivity index (χ1n) is 13.9. The molecule has 9 nitrogen and oxygen atoms in total. The molecule has 0 saturated carbocycles. The molecule has 1 aliphatic rings. The van der Waals surface area contributed by atoms with Gasteiger partial charge in [0.2, 0.25) is 17.7 Å². The molecule has 40 heavy (non-hydrogen) atoms. The smallest absolute Gasteiger partial charge is 0.245 e. The van der Waals surface area contributed by atoms with Crippen LogP contribution in [0.3, 0.4) is 0 Å². The summed E-state index contributed by atoms with van der Waals surface area (Å²) >= 11 is 0. The SMILES string of the molecule is CCC(C)[C@@H]1NCCOc2ccccc2C=CCNC(=O)[C@@H](C(C)c2ccccc2)NC(=O)[C@H](CO)N(C)C1=O. The predicted octanol–water partition coefficient (Wildman–Crippen LogP) is 2.32. The van der Waals surface area contributed by atoms with Gasteiger partial charge in [-0.25, -0.2) is 0 Å². The third kappa shape index (κ3) is 7.92. The van der Waals surface area contributed by atoms with Crippen molar-refractivity contribution in [2.75, 3.05) is 33.4 Å². The minimum atomic E-state index is -1.17. The van der Waals surface area contributed by atoms with Crippen LogP contribution in [0.2, 0.25) is 0 Å². The second-order valence-electron chi connectivity index (χ2n) is 10.2. The number of aliphatic hydroxyl groups excluding tert-OH is 1. The number of rotatable bonds is 5. The number of carbonyl (C=O) groups is 3. The summed E-state index contributed by atoms with van der Waals surface area (Å²) in [6, 6.07) is 14.3. The highest BCUT2D eigenvalue weighted by Gasteiger charge is 2.36. The molecule has 2 aromatic carbocycles. The van der Waals surface area contributed by atoms with Crippen molar-refractivity contribution < 1.29 is 24.2 Å². The summed E-state index contributed by atoms with van der Waals surface area (Å²) in [5, 5.41) is 19.2. The predicted molar refractivity (Wildman–Crippen MR) is 156 cm³/mol. The molecule has 5 atom stereocenters. The van der Waals surface area contributed by atoms with Gasteiger partial charge in [0.25, 0.3) is 0 Å². The average molecular weight is 551 g/mol. The van der Waals surface area contributed by atoms with Crippen molar-refractivity contribution in [2.45, 2.75) is 51.2 Å². The molecule has 2 unspecified atom stereocenters. The molecule has 2 aromatic rings. The lowest BCUT2D eigenvalue weighted by Crippen LogP contribution is -2.59. The van der Waals surface area contributed by atoms with E-state index >= 15 is 0 Å². The topological polar surface area (TPSA) is 120 Å². The van der Waals surface area contributed by atoms with Gasteiger partial charge in [-0.3, -0.25) is 14.4 Å². The summed E-state index contributed by atoms with van der Waals surface area (Å²) < 4.78 is 6.00. The third-order valence-electron chi connectivity index (χ3n) is 7.51. The molecular formula is C31H42N4O5. The molecule has 1 aliphatic heterocycles. The molecule has 0 radical (unpaired) electrons. The van der Waals surface area contributed by atoms with Gasteiger partial charge in [0, 0.05) is 31.6 Å². The quantitative estimate of drug-likeness (QED) is 0.454. The van der Waals surface area contributed by atoms with E-state index in [0.717, 1.165) is 17.5 Å². The van der Waals surface area contributed by atoms with Crippen molar-refractivity contribution in [3.05, 3.63) is 71.8 Å². The number of nitrogens with one attached hydrogen (secondary N) is 3. The van der Waals surface area contributed by atoms with E-state index in [1.165, 1.54) is 11.9 Å². The first kappa shape index (κ1) is 30.8. The first-order valence-corrected chi connectivity index (χ1v) is 13.9. The van der Waals surface area contributed by atoms with Crippen LogP contribution in [-0.4, -0.2) is 79.2 Å².